The first-order chi connectivity index (χ1) is 28.7. The lowest BCUT2D eigenvalue weighted by Crippen LogP contribution is -2.30. The Labute approximate surface area is 368 Å². The van der Waals surface area contributed by atoms with Crippen molar-refractivity contribution >= 4 is 17.9 Å². The molecule has 6 nitrogen and oxygen atoms in total. The smallest absolute Gasteiger partial charge is 0.306 e. The van der Waals surface area contributed by atoms with E-state index in [0.717, 1.165) is 75.5 Å². The summed E-state index contributed by atoms with van der Waals surface area (Å²) in [7, 11) is 0. The van der Waals surface area contributed by atoms with Gasteiger partial charge >= 0.3 is 17.9 Å². The van der Waals surface area contributed by atoms with Gasteiger partial charge in [-0.05, 0) is 37.0 Å². The van der Waals surface area contributed by atoms with Crippen molar-refractivity contribution in [2.24, 2.45) is 17.8 Å². The van der Waals surface area contributed by atoms with E-state index in [-0.39, 0.29) is 31.1 Å². The number of carbonyl (C=O) groups excluding carboxylic acids is 3. The summed E-state index contributed by atoms with van der Waals surface area (Å²) in [6.45, 7) is 13.8. The van der Waals surface area contributed by atoms with Crippen molar-refractivity contribution in [2.75, 3.05) is 13.2 Å². The summed E-state index contributed by atoms with van der Waals surface area (Å²) in [5, 5.41) is 0. The lowest BCUT2D eigenvalue weighted by molar-refractivity contribution is -0.167. The normalized spacial score (nSPS) is 13.1. The van der Waals surface area contributed by atoms with Crippen LogP contribution in [0.4, 0.5) is 0 Å². The predicted molar refractivity (Wildman–Crippen MR) is 252 cm³/mol. The molecule has 0 aliphatic heterocycles. The summed E-state index contributed by atoms with van der Waals surface area (Å²) in [5.74, 6) is 1.69. The van der Waals surface area contributed by atoms with Gasteiger partial charge in [0.25, 0.3) is 0 Å². The largest absolute Gasteiger partial charge is 0.462 e. The summed E-state index contributed by atoms with van der Waals surface area (Å²) in [6.07, 6.45) is 43.6. The molecule has 59 heavy (non-hydrogen) atoms. The molecule has 0 aromatic carbocycles. The van der Waals surface area contributed by atoms with Crippen LogP contribution < -0.4 is 0 Å². The first-order valence-corrected chi connectivity index (χ1v) is 26.2. The van der Waals surface area contributed by atoms with Gasteiger partial charge in [0.05, 0.1) is 0 Å². The first-order valence-electron chi connectivity index (χ1n) is 26.2. The zero-order chi connectivity index (χ0) is 43.4. The molecule has 0 heterocycles. The van der Waals surface area contributed by atoms with Crippen molar-refractivity contribution in [2.45, 2.75) is 292 Å². The number of carbonyl (C=O) groups is 3. The molecule has 6 heteroatoms. The molecular formula is C53H102O6. The number of hydrogen-bond donors (Lipinski definition) is 0. The van der Waals surface area contributed by atoms with E-state index in [1.807, 2.05) is 0 Å². The molecule has 0 saturated heterocycles. The van der Waals surface area contributed by atoms with Crippen LogP contribution in [-0.2, 0) is 28.6 Å². The van der Waals surface area contributed by atoms with Gasteiger partial charge in [-0.1, -0.05) is 247 Å². The molecule has 0 rings (SSSR count). The Morgan fingerprint density at radius 2 is 0.593 bits per heavy atom. The van der Waals surface area contributed by atoms with Crippen LogP contribution >= 0.6 is 0 Å². The molecule has 3 atom stereocenters. The second-order valence-corrected chi connectivity index (χ2v) is 19.1. The summed E-state index contributed by atoms with van der Waals surface area (Å²) in [5.41, 5.74) is 0. The zero-order valence-electron chi connectivity index (χ0n) is 40.5. The van der Waals surface area contributed by atoms with Crippen LogP contribution in [0.3, 0.4) is 0 Å². The fourth-order valence-corrected chi connectivity index (χ4v) is 7.87. The van der Waals surface area contributed by atoms with E-state index in [1.165, 1.54) is 167 Å². The van der Waals surface area contributed by atoms with Gasteiger partial charge in [0, 0.05) is 19.3 Å². The van der Waals surface area contributed by atoms with Crippen LogP contribution in [0, 0.1) is 17.8 Å². The zero-order valence-corrected chi connectivity index (χ0v) is 40.5. The fraction of sp³-hybridized carbons (Fsp3) is 0.943. The van der Waals surface area contributed by atoms with Crippen molar-refractivity contribution < 1.29 is 28.6 Å². The number of rotatable bonds is 46. The molecule has 0 fully saturated rings. The average molecular weight is 835 g/mol. The minimum atomic E-state index is -0.763. The van der Waals surface area contributed by atoms with E-state index in [9.17, 15) is 14.4 Å². The summed E-state index contributed by atoms with van der Waals surface area (Å²) in [6, 6.07) is 0. The Kier molecular flexibility index (Phi) is 43.3. The monoisotopic (exact) mass is 835 g/mol. The standard InChI is InChI=1S/C53H102O6/c1-7-48(5)40-34-28-22-16-13-14-18-25-31-37-43-52(55)58-46-50(59-53(56)44-38-32-26-20-19-23-29-35-41-49(6)8-2)45-57-51(54)42-36-30-24-17-12-10-9-11-15-21-27-33-39-47(3)4/h47-50H,7-46H2,1-6H3/t48?,49?,50-/m1/s1. The summed E-state index contributed by atoms with van der Waals surface area (Å²) >= 11 is 0. The van der Waals surface area contributed by atoms with Crippen LogP contribution in [0.5, 0.6) is 0 Å². The number of unbranched alkanes of at least 4 members (excludes halogenated alkanes) is 27. The van der Waals surface area contributed by atoms with Gasteiger partial charge in [-0.2, -0.15) is 0 Å². The van der Waals surface area contributed by atoms with E-state index in [0.29, 0.717) is 19.3 Å². The Hall–Kier alpha value is -1.59. The van der Waals surface area contributed by atoms with Crippen molar-refractivity contribution in [3.63, 3.8) is 0 Å². The minimum Gasteiger partial charge on any atom is -0.462 e. The quantitative estimate of drug-likeness (QED) is 0.0345. The average Bonchev–Trinajstić information content (AvgIpc) is 3.22. The third-order valence-corrected chi connectivity index (χ3v) is 12.6. The second-order valence-electron chi connectivity index (χ2n) is 19.1. The van der Waals surface area contributed by atoms with E-state index in [1.54, 1.807) is 0 Å². The highest BCUT2D eigenvalue weighted by Gasteiger charge is 2.19. The Bertz CT molecular complexity index is 918. The van der Waals surface area contributed by atoms with Gasteiger partial charge in [0.15, 0.2) is 6.10 Å². The van der Waals surface area contributed by atoms with Gasteiger partial charge in [-0.15, -0.1) is 0 Å². The van der Waals surface area contributed by atoms with E-state index in [2.05, 4.69) is 41.5 Å². The van der Waals surface area contributed by atoms with Crippen LogP contribution in [0.2, 0.25) is 0 Å². The Morgan fingerprint density at radius 1 is 0.339 bits per heavy atom. The van der Waals surface area contributed by atoms with Gasteiger partial charge in [-0.3, -0.25) is 14.4 Å². The predicted octanol–water partition coefficient (Wildman–Crippen LogP) is 16.8. The maximum absolute atomic E-state index is 12.8. The van der Waals surface area contributed by atoms with E-state index >= 15 is 0 Å². The maximum Gasteiger partial charge on any atom is 0.306 e. The highest BCUT2D eigenvalue weighted by atomic mass is 16.6. The molecule has 0 radical (unpaired) electrons. The lowest BCUT2D eigenvalue weighted by Gasteiger charge is -2.18. The fourth-order valence-electron chi connectivity index (χ4n) is 7.87. The minimum absolute atomic E-state index is 0.0650. The van der Waals surface area contributed by atoms with Crippen LogP contribution in [0.25, 0.3) is 0 Å². The SMILES string of the molecule is CCC(C)CCCCCCCCCCCCC(=O)OC[C@@H](COC(=O)CCCCCCCCCCCCCCC(C)C)OC(=O)CCCCCCCCCCC(C)CC. The molecule has 0 aromatic heterocycles. The molecule has 0 saturated carbocycles. The van der Waals surface area contributed by atoms with Crippen molar-refractivity contribution in [3.8, 4) is 0 Å². The maximum atomic E-state index is 12.8. The number of ether oxygens (including phenoxy) is 3. The molecule has 0 amide bonds. The van der Waals surface area contributed by atoms with Crippen LogP contribution in [-0.4, -0.2) is 37.2 Å². The molecule has 2 unspecified atom stereocenters. The Balaban J connectivity index is 4.33. The topological polar surface area (TPSA) is 78.9 Å². The number of hydrogen-bond acceptors (Lipinski definition) is 6. The third-order valence-electron chi connectivity index (χ3n) is 12.6. The van der Waals surface area contributed by atoms with Gasteiger partial charge in [-0.25, -0.2) is 0 Å². The van der Waals surface area contributed by atoms with Crippen molar-refractivity contribution in [1.82, 2.24) is 0 Å². The Morgan fingerprint density at radius 3 is 0.881 bits per heavy atom. The highest BCUT2D eigenvalue weighted by molar-refractivity contribution is 5.71. The molecular weight excluding hydrogens is 733 g/mol. The van der Waals surface area contributed by atoms with Crippen molar-refractivity contribution in [3.05, 3.63) is 0 Å². The molecule has 0 aliphatic rings. The summed E-state index contributed by atoms with van der Waals surface area (Å²) in [4.78, 5) is 38.0. The third kappa shape index (κ3) is 44.3. The summed E-state index contributed by atoms with van der Waals surface area (Å²) < 4.78 is 16.8. The molecule has 0 aliphatic carbocycles. The van der Waals surface area contributed by atoms with Gasteiger partial charge < -0.3 is 14.2 Å². The van der Waals surface area contributed by atoms with Crippen molar-refractivity contribution in [1.29, 1.82) is 0 Å². The van der Waals surface area contributed by atoms with Crippen LogP contribution in [0.1, 0.15) is 286 Å². The van der Waals surface area contributed by atoms with Gasteiger partial charge in [0.1, 0.15) is 13.2 Å². The molecule has 0 spiro atoms. The molecule has 0 N–H and O–H groups in total. The van der Waals surface area contributed by atoms with Gasteiger partial charge in [0.2, 0.25) is 0 Å². The highest BCUT2D eigenvalue weighted by Crippen LogP contribution is 2.18. The van der Waals surface area contributed by atoms with E-state index in [4.69, 9.17) is 14.2 Å². The first kappa shape index (κ1) is 57.4. The van der Waals surface area contributed by atoms with E-state index < -0.39 is 6.10 Å². The number of esters is 3. The second kappa shape index (κ2) is 44.5. The van der Waals surface area contributed by atoms with Crippen LogP contribution in [0.15, 0.2) is 0 Å². The molecule has 0 aromatic rings. The molecule has 350 valence electrons. The lowest BCUT2D eigenvalue weighted by atomic mass is 9.99. The molecule has 0 bridgehead atoms.